The Morgan fingerprint density at radius 2 is 1.65 bits per heavy atom. The molecule has 1 aromatic heterocycles. The van der Waals surface area contributed by atoms with Crippen LogP contribution in [-0.2, 0) is 12.8 Å². The van der Waals surface area contributed by atoms with Gasteiger partial charge in [0.2, 0.25) is 0 Å². The Morgan fingerprint density at radius 1 is 0.968 bits per heavy atom. The Bertz CT molecular complexity index is 1020. The first-order valence-corrected chi connectivity index (χ1v) is 10.4. The van der Waals surface area contributed by atoms with Crippen molar-refractivity contribution in [3.63, 3.8) is 0 Å². The predicted octanol–water partition coefficient (Wildman–Crippen LogP) is 3.45. The summed E-state index contributed by atoms with van der Waals surface area (Å²) >= 11 is 0. The minimum Gasteiger partial charge on any atom is -0.496 e. The van der Waals surface area contributed by atoms with E-state index in [9.17, 15) is 0 Å². The van der Waals surface area contributed by atoms with Gasteiger partial charge in [-0.1, -0.05) is 12.1 Å². The number of aryl methyl sites for hydroxylation is 1. The van der Waals surface area contributed by atoms with Crippen molar-refractivity contribution < 1.29 is 14.2 Å². The van der Waals surface area contributed by atoms with Crippen LogP contribution in [0.2, 0.25) is 0 Å². The average Bonchev–Trinajstić information content (AvgIpc) is 3.22. The highest BCUT2D eigenvalue weighted by molar-refractivity contribution is 5.86. The summed E-state index contributed by atoms with van der Waals surface area (Å²) in [4.78, 5) is 7.69. The van der Waals surface area contributed by atoms with Crippen LogP contribution in [0.15, 0.2) is 41.5 Å². The SMILES string of the molecule is CN=C(NCCc1c(OC)cc(OC)cc1OC)NCCc1c[nH]c2cccc(C)c12. The second kappa shape index (κ2) is 10.6. The predicted molar refractivity (Wildman–Crippen MR) is 126 cm³/mol. The van der Waals surface area contributed by atoms with Crippen LogP contribution in [0, 0.1) is 6.92 Å². The molecule has 3 aromatic rings. The van der Waals surface area contributed by atoms with E-state index in [1.54, 1.807) is 28.4 Å². The lowest BCUT2D eigenvalue weighted by Gasteiger charge is -2.16. The number of nitrogens with zero attached hydrogens (tertiary/aromatic N) is 1. The van der Waals surface area contributed by atoms with Gasteiger partial charge in [-0.05, 0) is 37.0 Å². The molecule has 2 aromatic carbocycles. The molecule has 31 heavy (non-hydrogen) atoms. The molecule has 0 atom stereocenters. The monoisotopic (exact) mass is 424 g/mol. The minimum atomic E-state index is 0.685. The van der Waals surface area contributed by atoms with Crippen molar-refractivity contribution >= 4 is 16.9 Å². The van der Waals surface area contributed by atoms with E-state index in [-0.39, 0.29) is 0 Å². The number of nitrogens with one attached hydrogen (secondary N) is 3. The number of hydrogen-bond donors (Lipinski definition) is 3. The molecule has 0 fully saturated rings. The van der Waals surface area contributed by atoms with E-state index >= 15 is 0 Å². The Hall–Kier alpha value is -3.35. The number of aliphatic imine (C=N–C) groups is 1. The van der Waals surface area contributed by atoms with Crippen LogP contribution < -0.4 is 24.8 Å². The molecule has 0 amide bonds. The second-order valence-corrected chi connectivity index (χ2v) is 7.25. The van der Waals surface area contributed by atoms with E-state index in [1.165, 1.54) is 22.0 Å². The van der Waals surface area contributed by atoms with Crippen molar-refractivity contribution in [1.29, 1.82) is 0 Å². The third-order valence-corrected chi connectivity index (χ3v) is 5.39. The summed E-state index contributed by atoms with van der Waals surface area (Å²) in [7, 11) is 6.71. The Labute approximate surface area is 183 Å². The number of guanidine groups is 1. The van der Waals surface area contributed by atoms with Crippen LogP contribution >= 0.6 is 0 Å². The molecular weight excluding hydrogens is 392 g/mol. The maximum Gasteiger partial charge on any atom is 0.190 e. The molecule has 0 saturated heterocycles. The number of benzene rings is 2. The molecule has 166 valence electrons. The first-order valence-electron chi connectivity index (χ1n) is 10.4. The van der Waals surface area contributed by atoms with Crippen molar-refractivity contribution in [3.05, 3.63) is 53.2 Å². The van der Waals surface area contributed by atoms with Crippen molar-refractivity contribution in [1.82, 2.24) is 15.6 Å². The number of methoxy groups -OCH3 is 3. The fourth-order valence-electron chi connectivity index (χ4n) is 3.81. The molecule has 0 aliphatic heterocycles. The fraction of sp³-hybridized carbons (Fsp3) is 0.375. The molecule has 0 aliphatic carbocycles. The molecule has 7 nitrogen and oxygen atoms in total. The van der Waals surface area contributed by atoms with Gasteiger partial charge in [-0.2, -0.15) is 0 Å². The quantitative estimate of drug-likeness (QED) is 0.362. The third kappa shape index (κ3) is 5.23. The molecule has 0 spiro atoms. The van der Waals surface area contributed by atoms with Crippen LogP contribution in [0.1, 0.15) is 16.7 Å². The van der Waals surface area contributed by atoms with E-state index in [0.29, 0.717) is 12.3 Å². The number of hydrogen-bond acceptors (Lipinski definition) is 4. The molecule has 0 unspecified atom stereocenters. The Morgan fingerprint density at radius 3 is 2.26 bits per heavy atom. The van der Waals surface area contributed by atoms with Crippen LogP contribution in [0.3, 0.4) is 0 Å². The van der Waals surface area contributed by atoms with Gasteiger partial charge < -0.3 is 29.8 Å². The average molecular weight is 425 g/mol. The van der Waals surface area contributed by atoms with Gasteiger partial charge in [0.25, 0.3) is 0 Å². The molecule has 3 N–H and O–H groups in total. The van der Waals surface area contributed by atoms with Crippen molar-refractivity contribution in [2.24, 2.45) is 4.99 Å². The van der Waals surface area contributed by atoms with E-state index in [0.717, 1.165) is 42.4 Å². The standard InChI is InChI=1S/C24H32N4O3/c1-16-7-6-8-20-23(16)17(15-28-20)9-11-26-24(25-2)27-12-10-19-21(30-4)13-18(29-3)14-22(19)31-5/h6-8,13-15,28H,9-12H2,1-5H3,(H2,25,26,27). The van der Waals surface area contributed by atoms with Crippen LogP contribution in [-0.4, -0.2) is 52.4 Å². The minimum absolute atomic E-state index is 0.685. The molecular formula is C24H32N4O3. The molecule has 0 bridgehead atoms. The van der Waals surface area contributed by atoms with Crippen LogP contribution in [0.4, 0.5) is 0 Å². The number of aromatic nitrogens is 1. The third-order valence-electron chi connectivity index (χ3n) is 5.39. The van der Waals surface area contributed by atoms with Crippen LogP contribution in [0.5, 0.6) is 17.2 Å². The van der Waals surface area contributed by atoms with Crippen molar-refractivity contribution in [2.45, 2.75) is 19.8 Å². The summed E-state index contributed by atoms with van der Waals surface area (Å²) in [5, 5.41) is 8.07. The summed E-state index contributed by atoms with van der Waals surface area (Å²) in [6, 6.07) is 10.1. The highest BCUT2D eigenvalue weighted by Gasteiger charge is 2.13. The van der Waals surface area contributed by atoms with Gasteiger partial charge >= 0.3 is 0 Å². The Kier molecular flexibility index (Phi) is 7.65. The first-order chi connectivity index (χ1) is 15.1. The topological polar surface area (TPSA) is 79.9 Å². The Balaban J connectivity index is 1.55. The van der Waals surface area contributed by atoms with Gasteiger partial charge in [0.1, 0.15) is 17.2 Å². The number of ether oxygens (including phenoxy) is 3. The molecule has 7 heteroatoms. The second-order valence-electron chi connectivity index (χ2n) is 7.25. The zero-order valence-electron chi connectivity index (χ0n) is 19.0. The molecule has 0 aliphatic rings. The van der Waals surface area contributed by atoms with E-state index < -0.39 is 0 Å². The molecule has 3 rings (SSSR count). The largest absolute Gasteiger partial charge is 0.496 e. The molecule has 1 heterocycles. The lowest BCUT2D eigenvalue weighted by molar-refractivity contribution is 0.368. The summed E-state index contributed by atoms with van der Waals surface area (Å²) in [6.45, 7) is 3.62. The lowest BCUT2D eigenvalue weighted by atomic mass is 10.1. The number of rotatable bonds is 9. The first kappa shape index (κ1) is 22.3. The maximum atomic E-state index is 5.53. The normalized spacial score (nSPS) is 11.5. The summed E-state index contributed by atoms with van der Waals surface area (Å²) in [5.74, 6) is 2.96. The molecule has 0 saturated carbocycles. The van der Waals surface area contributed by atoms with Gasteiger partial charge in [-0.3, -0.25) is 4.99 Å². The van der Waals surface area contributed by atoms with E-state index in [1.807, 2.05) is 12.1 Å². The number of H-pyrrole nitrogens is 1. The lowest BCUT2D eigenvalue weighted by Crippen LogP contribution is -2.39. The zero-order valence-corrected chi connectivity index (χ0v) is 19.0. The molecule has 0 radical (unpaired) electrons. The zero-order chi connectivity index (χ0) is 22.2. The fourth-order valence-corrected chi connectivity index (χ4v) is 3.81. The number of fused-ring (bicyclic) bond motifs is 1. The van der Waals surface area contributed by atoms with Crippen molar-refractivity contribution in [3.8, 4) is 17.2 Å². The van der Waals surface area contributed by atoms with E-state index in [2.05, 4.69) is 51.9 Å². The summed E-state index contributed by atoms with van der Waals surface area (Å²) in [5.41, 5.74) is 4.77. The highest BCUT2D eigenvalue weighted by atomic mass is 16.5. The summed E-state index contributed by atoms with van der Waals surface area (Å²) < 4.78 is 16.4. The maximum absolute atomic E-state index is 5.53. The van der Waals surface area contributed by atoms with Gasteiger partial charge in [0.15, 0.2) is 5.96 Å². The van der Waals surface area contributed by atoms with Crippen molar-refractivity contribution in [2.75, 3.05) is 41.5 Å². The highest BCUT2D eigenvalue weighted by Crippen LogP contribution is 2.34. The van der Waals surface area contributed by atoms with Crippen LogP contribution in [0.25, 0.3) is 10.9 Å². The van der Waals surface area contributed by atoms with Gasteiger partial charge in [-0.25, -0.2) is 0 Å². The van der Waals surface area contributed by atoms with Gasteiger partial charge in [0, 0.05) is 54.9 Å². The smallest absolute Gasteiger partial charge is 0.190 e. The number of aromatic amines is 1. The summed E-state index contributed by atoms with van der Waals surface area (Å²) in [6.07, 6.45) is 3.72. The van der Waals surface area contributed by atoms with Gasteiger partial charge in [0.05, 0.1) is 21.3 Å². The van der Waals surface area contributed by atoms with Gasteiger partial charge in [-0.15, -0.1) is 0 Å². The van der Waals surface area contributed by atoms with E-state index in [4.69, 9.17) is 14.2 Å².